The quantitative estimate of drug-likeness (QED) is 0.763. The number of likely N-dealkylation sites (tertiary alicyclic amines) is 2. The highest BCUT2D eigenvalue weighted by Crippen LogP contribution is 2.35. The minimum Gasteiger partial charge on any atom is -0.339 e. The van der Waals surface area contributed by atoms with Crippen LogP contribution in [0.2, 0.25) is 0 Å². The van der Waals surface area contributed by atoms with Gasteiger partial charge in [0, 0.05) is 23.4 Å². The van der Waals surface area contributed by atoms with Crippen LogP contribution in [0.15, 0.2) is 0 Å². The van der Waals surface area contributed by atoms with Crippen LogP contribution in [0.5, 0.6) is 0 Å². The zero-order valence-electron chi connectivity index (χ0n) is 16.8. The highest BCUT2D eigenvalue weighted by Gasteiger charge is 2.48. The number of carbonyl (C=O) groups is 2. The van der Waals surface area contributed by atoms with Crippen molar-refractivity contribution in [3.8, 4) is 0 Å². The van der Waals surface area contributed by atoms with Crippen LogP contribution >= 0.6 is 0 Å². The van der Waals surface area contributed by atoms with E-state index < -0.39 is 11.1 Å². The fourth-order valence-electron chi connectivity index (χ4n) is 4.11. The molecule has 0 saturated carbocycles. The van der Waals surface area contributed by atoms with Gasteiger partial charge in [-0.15, -0.1) is 0 Å². The van der Waals surface area contributed by atoms with Crippen LogP contribution in [0, 0.1) is 11.3 Å². The fraction of sp³-hybridized carbons (Fsp3) is 0.900. The van der Waals surface area contributed by atoms with Crippen molar-refractivity contribution in [2.45, 2.75) is 78.4 Å². The molecule has 0 aromatic carbocycles. The van der Waals surface area contributed by atoms with E-state index in [1.165, 1.54) is 0 Å². The average Bonchev–Trinajstić information content (AvgIpc) is 2.52. The lowest BCUT2D eigenvalue weighted by atomic mass is 9.77. The molecule has 1 unspecified atom stereocenters. The molecule has 0 N–H and O–H groups in total. The minimum absolute atomic E-state index is 0.0364. The molecule has 144 valence electrons. The zero-order valence-corrected chi connectivity index (χ0v) is 16.8. The molecule has 25 heavy (non-hydrogen) atoms. The van der Waals surface area contributed by atoms with Gasteiger partial charge in [-0.25, -0.2) is 4.39 Å². The van der Waals surface area contributed by atoms with E-state index in [0.717, 1.165) is 25.9 Å². The van der Waals surface area contributed by atoms with Crippen LogP contribution in [-0.2, 0) is 9.59 Å². The van der Waals surface area contributed by atoms with Crippen molar-refractivity contribution in [3.63, 3.8) is 0 Å². The van der Waals surface area contributed by atoms with Gasteiger partial charge in [-0.05, 0) is 59.5 Å². The van der Waals surface area contributed by atoms with Gasteiger partial charge >= 0.3 is 0 Å². The van der Waals surface area contributed by atoms with Gasteiger partial charge in [0.15, 0.2) is 11.5 Å². The topological polar surface area (TPSA) is 40.6 Å². The molecule has 1 atom stereocenters. The van der Waals surface area contributed by atoms with Crippen LogP contribution in [-0.4, -0.2) is 58.9 Å². The maximum Gasteiger partial charge on any atom is 0.225 e. The number of carbonyl (C=O) groups excluding carboxylic acids is 2. The van der Waals surface area contributed by atoms with E-state index in [4.69, 9.17) is 0 Å². The molecular formula is C20H35FN2O2. The lowest BCUT2D eigenvalue weighted by Gasteiger charge is -2.43. The molecule has 2 fully saturated rings. The molecule has 1 amide bonds. The number of alkyl halides is 1. The Labute approximate surface area is 152 Å². The standard InChI is InChI=1S/C20H35FN2O2/c1-18(2,3)17(25)20(21)10-7-11-22(14-20)16(24)15-8-12-23(13-9-15)19(4,5)6/h15H,7-14H2,1-6H3. The molecule has 2 aliphatic heterocycles. The Balaban J connectivity index is 2.00. The summed E-state index contributed by atoms with van der Waals surface area (Å²) in [5.74, 6) is -0.372. The van der Waals surface area contributed by atoms with E-state index >= 15 is 4.39 Å². The Morgan fingerprint density at radius 2 is 1.56 bits per heavy atom. The number of hydrogen-bond acceptors (Lipinski definition) is 3. The largest absolute Gasteiger partial charge is 0.339 e. The second-order valence-corrected chi connectivity index (χ2v) is 9.84. The molecule has 0 aromatic heterocycles. The number of piperidine rings is 2. The second kappa shape index (κ2) is 6.98. The molecular weight excluding hydrogens is 319 g/mol. The predicted octanol–water partition coefficient (Wildman–Crippen LogP) is 3.44. The molecule has 2 aliphatic rings. The minimum atomic E-state index is -1.89. The molecule has 0 aromatic rings. The predicted molar refractivity (Wildman–Crippen MR) is 98.2 cm³/mol. The number of halogens is 1. The van der Waals surface area contributed by atoms with Crippen molar-refractivity contribution < 1.29 is 14.0 Å². The first-order chi connectivity index (χ1) is 11.3. The summed E-state index contributed by atoms with van der Waals surface area (Å²) in [5.41, 5.74) is -2.50. The lowest BCUT2D eigenvalue weighted by molar-refractivity contribution is -0.150. The number of ketones is 1. The van der Waals surface area contributed by atoms with E-state index in [1.807, 2.05) is 0 Å². The van der Waals surface area contributed by atoms with Gasteiger partial charge in [0.2, 0.25) is 5.91 Å². The van der Waals surface area contributed by atoms with E-state index in [0.29, 0.717) is 13.0 Å². The SMILES string of the molecule is CC(C)(C)C(=O)C1(F)CCCN(C(=O)C2CCN(C(C)(C)C)CC2)C1. The fourth-order valence-corrected chi connectivity index (χ4v) is 4.11. The number of hydrogen-bond donors (Lipinski definition) is 0. The normalized spacial score (nSPS) is 27.4. The van der Waals surface area contributed by atoms with Gasteiger partial charge in [-0.3, -0.25) is 14.5 Å². The molecule has 0 radical (unpaired) electrons. The van der Waals surface area contributed by atoms with Gasteiger partial charge in [0.25, 0.3) is 0 Å². The Bertz CT molecular complexity index is 513. The molecule has 2 saturated heterocycles. The average molecular weight is 355 g/mol. The van der Waals surface area contributed by atoms with Crippen LogP contribution in [0.25, 0.3) is 0 Å². The summed E-state index contributed by atoms with van der Waals surface area (Å²) in [7, 11) is 0. The Hall–Kier alpha value is -0.970. The molecule has 0 spiro atoms. The first-order valence-corrected chi connectivity index (χ1v) is 9.62. The monoisotopic (exact) mass is 354 g/mol. The number of rotatable bonds is 2. The van der Waals surface area contributed by atoms with Crippen LogP contribution in [0.4, 0.5) is 4.39 Å². The Kier molecular flexibility index (Phi) is 5.68. The smallest absolute Gasteiger partial charge is 0.225 e. The molecule has 0 aliphatic carbocycles. The first-order valence-electron chi connectivity index (χ1n) is 9.62. The molecule has 5 heteroatoms. The third-order valence-electron chi connectivity index (χ3n) is 5.64. The summed E-state index contributed by atoms with van der Waals surface area (Å²) >= 11 is 0. The number of amides is 1. The molecule has 2 rings (SSSR count). The van der Waals surface area contributed by atoms with E-state index in [-0.39, 0.29) is 36.1 Å². The summed E-state index contributed by atoms with van der Waals surface area (Å²) < 4.78 is 15.3. The van der Waals surface area contributed by atoms with Crippen LogP contribution in [0.3, 0.4) is 0 Å². The third kappa shape index (κ3) is 4.60. The number of Topliss-reactive ketones (excluding diaryl/α,β-unsaturated/α-hetero) is 1. The van der Waals surface area contributed by atoms with Crippen molar-refractivity contribution in [2.24, 2.45) is 11.3 Å². The number of nitrogens with zero attached hydrogens (tertiary/aromatic N) is 2. The summed E-state index contributed by atoms with van der Waals surface area (Å²) in [6.07, 6.45) is 2.43. The van der Waals surface area contributed by atoms with Crippen LogP contribution in [0.1, 0.15) is 67.2 Å². The molecule has 2 heterocycles. The van der Waals surface area contributed by atoms with Crippen LogP contribution < -0.4 is 0 Å². The van der Waals surface area contributed by atoms with Gasteiger partial charge in [-0.2, -0.15) is 0 Å². The van der Waals surface area contributed by atoms with Crippen molar-refractivity contribution in [3.05, 3.63) is 0 Å². The van der Waals surface area contributed by atoms with Gasteiger partial charge in [0.05, 0.1) is 6.54 Å². The van der Waals surface area contributed by atoms with Gasteiger partial charge in [-0.1, -0.05) is 20.8 Å². The Morgan fingerprint density at radius 3 is 2.04 bits per heavy atom. The maximum atomic E-state index is 15.3. The van der Waals surface area contributed by atoms with E-state index in [2.05, 4.69) is 25.7 Å². The Morgan fingerprint density at radius 1 is 1.00 bits per heavy atom. The summed E-state index contributed by atoms with van der Waals surface area (Å²) in [4.78, 5) is 29.4. The summed E-state index contributed by atoms with van der Waals surface area (Å²) in [6, 6.07) is 0. The van der Waals surface area contributed by atoms with E-state index in [9.17, 15) is 9.59 Å². The first kappa shape index (κ1) is 20.3. The molecule has 4 nitrogen and oxygen atoms in total. The van der Waals surface area contributed by atoms with Gasteiger partial charge in [0.1, 0.15) is 0 Å². The molecule has 0 bridgehead atoms. The lowest BCUT2D eigenvalue weighted by Crippen LogP contribution is -2.56. The third-order valence-corrected chi connectivity index (χ3v) is 5.64. The van der Waals surface area contributed by atoms with Gasteiger partial charge < -0.3 is 4.90 Å². The van der Waals surface area contributed by atoms with E-state index in [1.54, 1.807) is 25.7 Å². The summed E-state index contributed by atoms with van der Waals surface area (Å²) in [5, 5.41) is 0. The van der Waals surface area contributed by atoms with Crippen molar-refractivity contribution in [2.75, 3.05) is 26.2 Å². The zero-order chi connectivity index (χ0) is 19.0. The highest BCUT2D eigenvalue weighted by atomic mass is 19.1. The summed E-state index contributed by atoms with van der Waals surface area (Å²) in [6.45, 7) is 14.1. The van der Waals surface area contributed by atoms with Crippen molar-refractivity contribution >= 4 is 11.7 Å². The highest BCUT2D eigenvalue weighted by molar-refractivity contribution is 5.92. The second-order valence-electron chi connectivity index (χ2n) is 9.84. The van der Waals surface area contributed by atoms with Crippen molar-refractivity contribution in [1.29, 1.82) is 0 Å². The van der Waals surface area contributed by atoms with Crippen molar-refractivity contribution in [1.82, 2.24) is 9.80 Å². The maximum absolute atomic E-state index is 15.3.